The van der Waals surface area contributed by atoms with E-state index < -0.39 is 0 Å². The molecule has 0 aromatic heterocycles. The van der Waals surface area contributed by atoms with Gasteiger partial charge in [-0.2, -0.15) is 0 Å². The Morgan fingerprint density at radius 3 is 2.27 bits per heavy atom. The third-order valence-electron chi connectivity index (χ3n) is 10.4. The van der Waals surface area contributed by atoms with Gasteiger partial charge in [0.2, 0.25) is 0 Å². The van der Waals surface area contributed by atoms with Gasteiger partial charge in [0.05, 0.1) is 26.4 Å². The van der Waals surface area contributed by atoms with Gasteiger partial charge < -0.3 is 18.9 Å². The fourth-order valence-corrected chi connectivity index (χ4v) is 9.94. The van der Waals surface area contributed by atoms with Crippen LogP contribution in [-0.4, -0.2) is 42.8 Å². The zero-order chi connectivity index (χ0) is 20.8. The summed E-state index contributed by atoms with van der Waals surface area (Å²) in [5.74, 6) is 1.97. The highest BCUT2D eigenvalue weighted by atomic mass is 79.9. The third-order valence-corrected chi connectivity index (χ3v) is 11.3. The summed E-state index contributed by atoms with van der Waals surface area (Å²) >= 11 is 4.17. The Hall–Kier alpha value is 0.0600. The third kappa shape index (κ3) is 2.71. The molecule has 168 valence electrons. The topological polar surface area (TPSA) is 36.9 Å². The molecule has 5 heteroatoms. The van der Waals surface area contributed by atoms with Gasteiger partial charge in [-0.15, -0.1) is 0 Å². The van der Waals surface area contributed by atoms with Crippen molar-refractivity contribution in [2.24, 2.45) is 34.5 Å². The van der Waals surface area contributed by atoms with Crippen LogP contribution in [0.25, 0.3) is 0 Å². The van der Waals surface area contributed by atoms with Crippen molar-refractivity contribution >= 4 is 15.9 Å². The minimum absolute atomic E-state index is 0.291. The van der Waals surface area contributed by atoms with E-state index in [2.05, 4.69) is 42.8 Å². The fraction of sp³-hybridized carbons (Fsp3) is 0.920. The Morgan fingerprint density at radius 2 is 1.53 bits per heavy atom. The number of alkyl halides is 1. The van der Waals surface area contributed by atoms with Crippen LogP contribution in [0.5, 0.6) is 0 Å². The van der Waals surface area contributed by atoms with E-state index in [1.807, 2.05) is 0 Å². The first-order valence-corrected chi connectivity index (χ1v) is 13.1. The van der Waals surface area contributed by atoms with Crippen molar-refractivity contribution in [3.63, 3.8) is 0 Å². The number of fused-ring (bicyclic) bond motifs is 5. The van der Waals surface area contributed by atoms with Gasteiger partial charge in [0, 0.05) is 23.6 Å². The van der Waals surface area contributed by atoms with Crippen LogP contribution in [0.2, 0.25) is 0 Å². The zero-order valence-electron chi connectivity index (χ0n) is 18.8. The Bertz CT molecular complexity index is 739. The molecule has 0 aromatic carbocycles. The molecule has 0 radical (unpaired) electrons. The maximum absolute atomic E-state index is 6.19. The fourth-order valence-electron chi connectivity index (χ4n) is 8.89. The minimum Gasteiger partial charge on any atom is -0.348 e. The van der Waals surface area contributed by atoms with E-state index >= 15 is 0 Å². The number of rotatable bonds is 1. The molecule has 4 nitrogen and oxygen atoms in total. The SMILES string of the molecule is CC1([C@H]2CC[C@H]3[C@@H]4[C@@H](Br)C=C5CC6(CC[C@]5(C)[C@H]4CC[C@]23C)OCCO6)OCCO1. The van der Waals surface area contributed by atoms with Crippen molar-refractivity contribution in [2.45, 2.75) is 82.1 Å². The average molecular weight is 481 g/mol. The smallest absolute Gasteiger partial charge is 0.172 e. The highest BCUT2D eigenvalue weighted by molar-refractivity contribution is 9.09. The summed E-state index contributed by atoms with van der Waals surface area (Å²) in [4.78, 5) is 0.448. The van der Waals surface area contributed by atoms with Gasteiger partial charge in [-0.25, -0.2) is 0 Å². The number of hydrogen-bond donors (Lipinski definition) is 0. The predicted molar refractivity (Wildman–Crippen MR) is 118 cm³/mol. The lowest BCUT2D eigenvalue weighted by Gasteiger charge is -2.60. The van der Waals surface area contributed by atoms with E-state index in [9.17, 15) is 0 Å². The Labute approximate surface area is 189 Å². The summed E-state index contributed by atoms with van der Waals surface area (Å²) in [5, 5.41) is 0. The van der Waals surface area contributed by atoms with Crippen molar-refractivity contribution in [1.29, 1.82) is 0 Å². The maximum atomic E-state index is 6.19. The minimum atomic E-state index is -0.383. The lowest BCUT2D eigenvalue weighted by molar-refractivity contribution is -0.216. The highest BCUT2D eigenvalue weighted by Gasteiger charge is 2.65. The standard InChI is InChI=1S/C25H37BrO4/c1-22-8-9-25(29-12-13-30-25)15-16(22)14-19(26)21-17-4-5-20(24(3)27-10-11-28-24)23(17,2)7-6-18(21)22/h14,17-21H,4-13,15H2,1-3H3/t17-,18-,19-,20-,21-,22-,23-/m0/s1. The quantitative estimate of drug-likeness (QED) is 0.369. The molecule has 0 aromatic rings. The molecule has 6 aliphatic rings. The lowest BCUT2D eigenvalue weighted by Crippen LogP contribution is -2.56. The monoisotopic (exact) mass is 480 g/mol. The van der Waals surface area contributed by atoms with Crippen LogP contribution < -0.4 is 0 Å². The number of halogens is 1. The summed E-state index contributed by atoms with van der Waals surface area (Å²) in [6, 6.07) is 0. The van der Waals surface area contributed by atoms with Gasteiger partial charge in [0.25, 0.3) is 0 Å². The van der Waals surface area contributed by atoms with Gasteiger partial charge in [-0.05, 0) is 67.6 Å². The number of allylic oxidation sites excluding steroid dienone is 1. The maximum Gasteiger partial charge on any atom is 0.172 e. The molecule has 5 fully saturated rings. The zero-order valence-corrected chi connectivity index (χ0v) is 20.3. The molecule has 0 bridgehead atoms. The van der Waals surface area contributed by atoms with Gasteiger partial charge in [0.1, 0.15) is 0 Å². The molecule has 30 heavy (non-hydrogen) atoms. The van der Waals surface area contributed by atoms with Crippen molar-refractivity contribution in [1.82, 2.24) is 0 Å². The number of hydrogen-bond acceptors (Lipinski definition) is 4. The lowest BCUT2D eigenvalue weighted by atomic mass is 9.47. The van der Waals surface area contributed by atoms with E-state index in [4.69, 9.17) is 18.9 Å². The van der Waals surface area contributed by atoms with E-state index in [1.165, 1.54) is 32.1 Å². The summed E-state index contributed by atoms with van der Waals surface area (Å²) in [5.41, 5.74) is 2.19. The van der Waals surface area contributed by atoms with Crippen molar-refractivity contribution in [3.05, 3.63) is 11.6 Å². The molecule has 2 aliphatic heterocycles. The second-order valence-electron chi connectivity index (χ2n) is 11.5. The molecule has 3 saturated carbocycles. The molecular formula is C25H37BrO4. The van der Waals surface area contributed by atoms with E-state index in [-0.39, 0.29) is 11.6 Å². The predicted octanol–water partition coefficient (Wildman–Crippen LogP) is 5.44. The van der Waals surface area contributed by atoms with Gasteiger partial charge in [-0.1, -0.05) is 41.4 Å². The van der Waals surface area contributed by atoms with Gasteiger partial charge in [-0.3, -0.25) is 0 Å². The first-order chi connectivity index (χ1) is 14.3. The molecule has 7 atom stereocenters. The van der Waals surface area contributed by atoms with Crippen LogP contribution in [0.1, 0.15) is 65.7 Å². The summed E-state index contributed by atoms with van der Waals surface area (Å²) in [6.07, 6.45) is 10.9. The van der Waals surface area contributed by atoms with Crippen LogP contribution in [0.15, 0.2) is 11.6 Å². The first-order valence-electron chi connectivity index (χ1n) is 12.2. The molecule has 2 heterocycles. The van der Waals surface area contributed by atoms with Crippen LogP contribution in [-0.2, 0) is 18.9 Å². The second kappa shape index (κ2) is 6.79. The molecule has 1 spiro atoms. The average Bonchev–Trinajstić information content (AvgIpc) is 3.43. The summed E-state index contributed by atoms with van der Waals surface area (Å²) < 4.78 is 24.6. The molecule has 6 rings (SSSR count). The number of ether oxygens (including phenoxy) is 4. The largest absolute Gasteiger partial charge is 0.348 e. The second-order valence-corrected chi connectivity index (χ2v) is 12.6. The van der Waals surface area contributed by atoms with Crippen molar-refractivity contribution in [3.8, 4) is 0 Å². The molecular weight excluding hydrogens is 444 g/mol. The summed E-state index contributed by atoms with van der Waals surface area (Å²) in [6.45, 7) is 10.3. The van der Waals surface area contributed by atoms with Crippen LogP contribution >= 0.6 is 15.9 Å². The Morgan fingerprint density at radius 1 is 0.833 bits per heavy atom. The van der Waals surface area contributed by atoms with Crippen molar-refractivity contribution < 1.29 is 18.9 Å². The molecule has 0 N–H and O–H groups in total. The van der Waals surface area contributed by atoms with E-state index in [1.54, 1.807) is 5.57 Å². The van der Waals surface area contributed by atoms with Crippen LogP contribution in [0, 0.1) is 34.5 Å². The van der Waals surface area contributed by atoms with Crippen molar-refractivity contribution in [2.75, 3.05) is 26.4 Å². The summed E-state index contributed by atoms with van der Waals surface area (Å²) in [7, 11) is 0. The normalized spacial score (nSPS) is 51.3. The van der Waals surface area contributed by atoms with E-state index in [0.29, 0.717) is 27.5 Å². The van der Waals surface area contributed by atoms with Gasteiger partial charge in [0.15, 0.2) is 11.6 Å². The van der Waals surface area contributed by atoms with E-state index in [0.717, 1.165) is 51.1 Å². The van der Waals surface area contributed by atoms with Crippen LogP contribution in [0.4, 0.5) is 0 Å². The molecule has 4 aliphatic carbocycles. The molecule has 2 saturated heterocycles. The molecule has 0 unspecified atom stereocenters. The highest BCUT2D eigenvalue weighted by Crippen LogP contribution is 2.69. The van der Waals surface area contributed by atoms with Crippen LogP contribution in [0.3, 0.4) is 0 Å². The Kier molecular flexibility index (Phi) is 4.67. The molecule has 0 amide bonds. The Balaban J connectivity index is 1.32. The van der Waals surface area contributed by atoms with Gasteiger partial charge >= 0.3 is 0 Å². The first kappa shape index (κ1) is 20.7.